The maximum Gasteiger partial charge on any atom is 0.306 e. The lowest BCUT2D eigenvalue weighted by atomic mass is 9.99. The van der Waals surface area contributed by atoms with E-state index in [1.807, 2.05) is 6.08 Å². The Morgan fingerprint density at radius 2 is 0.889 bits per heavy atom. The van der Waals surface area contributed by atoms with Gasteiger partial charge < -0.3 is 45.1 Å². The number of aliphatic hydroxyl groups excluding tert-OH is 5. The van der Waals surface area contributed by atoms with Crippen molar-refractivity contribution in [2.45, 2.75) is 294 Å². The zero-order chi connectivity index (χ0) is 58.9. The summed E-state index contributed by atoms with van der Waals surface area (Å²) in [6.07, 6.45) is 68.0. The fourth-order valence-electron chi connectivity index (χ4n) is 9.25. The van der Waals surface area contributed by atoms with Gasteiger partial charge in [-0.3, -0.25) is 9.59 Å². The van der Waals surface area contributed by atoms with Crippen LogP contribution >= 0.6 is 0 Å². The Kier molecular flexibility index (Phi) is 52.4. The predicted octanol–water partition coefficient (Wildman–Crippen LogP) is 15.8. The molecule has 1 saturated heterocycles. The third-order valence-electron chi connectivity index (χ3n) is 14.3. The number of hydrogen-bond donors (Lipinski definition) is 6. The zero-order valence-corrected chi connectivity index (χ0v) is 51.1. The van der Waals surface area contributed by atoms with Gasteiger partial charge in [0.05, 0.1) is 25.4 Å². The molecule has 462 valence electrons. The van der Waals surface area contributed by atoms with Crippen molar-refractivity contribution in [3.05, 3.63) is 122 Å². The van der Waals surface area contributed by atoms with Crippen LogP contribution in [0.25, 0.3) is 0 Å². The normalized spacial score (nSPS) is 19.5. The molecule has 0 aromatic carbocycles. The topological polar surface area (TPSA) is 175 Å². The second-order valence-electron chi connectivity index (χ2n) is 21.8. The largest absolute Gasteiger partial charge is 0.454 e. The molecular formula is C70H117NO10. The van der Waals surface area contributed by atoms with E-state index in [0.717, 1.165) is 135 Å². The van der Waals surface area contributed by atoms with Crippen LogP contribution in [0.1, 0.15) is 245 Å². The third-order valence-corrected chi connectivity index (χ3v) is 14.3. The summed E-state index contributed by atoms with van der Waals surface area (Å²) < 4.78 is 17.6. The number of ether oxygens (including phenoxy) is 3. The Balaban J connectivity index is 2.67. The first-order valence-electron chi connectivity index (χ1n) is 32.3. The van der Waals surface area contributed by atoms with Crippen molar-refractivity contribution in [2.75, 3.05) is 13.2 Å². The lowest BCUT2D eigenvalue weighted by molar-refractivity contribution is -0.305. The van der Waals surface area contributed by atoms with E-state index >= 15 is 0 Å². The minimum absolute atomic E-state index is 0.0783. The Morgan fingerprint density at radius 1 is 0.494 bits per heavy atom. The van der Waals surface area contributed by atoms with E-state index in [2.05, 4.69) is 135 Å². The monoisotopic (exact) mass is 1130 g/mol. The van der Waals surface area contributed by atoms with Gasteiger partial charge in [-0.15, -0.1) is 0 Å². The molecule has 1 aliphatic heterocycles. The van der Waals surface area contributed by atoms with Crippen molar-refractivity contribution in [2.24, 2.45) is 0 Å². The number of allylic oxidation sites excluding steroid dienone is 19. The van der Waals surface area contributed by atoms with Crippen LogP contribution in [-0.4, -0.2) is 99.6 Å². The molecule has 0 spiro atoms. The van der Waals surface area contributed by atoms with Gasteiger partial charge >= 0.3 is 5.97 Å². The Morgan fingerprint density at radius 3 is 1.36 bits per heavy atom. The number of unbranched alkanes of at least 4 members (excludes halogenated alkanes) is 21. The van der Waals surface area contributed by atoms with E-state index in [9.17, 15) is 35.1 Å². The van der Waals surface area contributed by atoms with Crippen molar-refractivity contribution < 1.29 is 49.3 Å². The molecule has 0 bridgehead atoms. The van der Waals surface area contributed by atoms with Gasteiger partial charge in [-0.1, -0.05) is 245 Å². The molecule has 1 rings (SSSR count). The average Bonchev–Trinajstić information content (AvgIpc) is 3.52. The molecule has 11 nitrogen and oxygen atoms in total. The number of nitrogens with one attached hydrogen (secondary N) is 1. The summed E-state index contributed by atoms with van der Waals surface area (Å²) in [5, 5.41) is 57.0. The molecule has 0 aromatic heterocycles. The van der Waals surface area contributed by atoms with Crippen LogP contribution in [-0.2, 0) is 23.8 Å². The highest BCUT2D eigenvalue weighted by Gasteiger charge is 2.47. The van der Waals surface area contributed by atoms with Crippen LogP contribution in [0.3, 0.4) is 0 Å². The molecule has 0 saturated carbocycles. The van der Waals surface area contributed by atoms with Crippen LogP contribution < -0.4 is 5.32 Å². The summed E-state index contributed by atoms with van der Waals surface area (Å²) in [7, 11) is 0. The quantitative estimate of drug-likeness (QED) is 0.0195. The van der Waals surface area contributed by atoms with Crippen LogP contribution in [0.5, 0.6) is 0 Å². The third kappa shape index (κ3) is 44.3. The lowest BCUT2D eigenvalue weighted by Gasteiger charge is -2.41. The first kappa shape index (κ1) is 75.1. The molecule has 8 unspecified atom stereocenters. The van der Waals surface area contributed by atoms with Gasteiger partial charge in [-0.2, -0.15) is 0 Å². The van der Waals surface area contributed by atoms with Gasteiger partial charge in [0.15, 0.2) is 12.4 Å². The summed E-state index contributed by atoms with van der Waals surface area (Å²) in [5.74, 6) is -1.25. The molecule has 0 radical (unpaired) electrons. The van der Waals surface area contributed by atoms with Gasteiger partial charge in [-0.25, -0.2) is 0 Å². The number of carbonyl (C=O) groups excluding carboxylic acids is 2. The molecular weight excluding hydrogens is 1010 g/mol. The van der Waals surface area contributed by atoms with E-state index in [0.29, 0.717) is 12.8 Å². The van der Waals surface area contributed by atoms with E-state index < -0.39 is 67.4 Å². The molecule has 6 N–H and O–H groups in total. The standard InChI is InChI=1S/C70H117NO10/c1-4-7-10-13-16-19-22-24-26-28-30-31-32-34-35-37-39-42-45-48-51-54-57-63(74)69(78)71-61(62(73)56-53-50-47-44-41-21-18-15-12-9-6-3)60-79-70-68(67(77)66(76)64(59-72)80-70)81-65(75)58-55-52-49-46-43-40-38-36-33-29-27-25-23-20-17-14-11-8-5-2/h7,10,16-17,19-20,24-27,30-31,33-36,40,43,53,56,61-64,66-68,70,72-74,76-77H,4-6,8-9,11-15,18,21-23,28-29,32,37-39,41-42,44-52,54-55,57-60H2,1-3H3,(H,71,78)/b10-7-,19-16-,20-17-,26-24-,27-25-,31-30-,35-34-,36-33-,43-40-,56-53+. The molecule has 11 heteroatoms. The summed E-state index contributed by atoms with van der Waals surface area (Å²) in [6, 6.07) is -1.05. The Bertz CT molecular complexity index is 1780. The predicted molar refractivity (Wildman–Crippen MR) is 338 cm³/mol. The fraction of sp³-hybridized carbons (Fsp3) is 0.686. The van der Waals surface area contributed by atoms with Gasteiger partial charge in [0.2, 0.25) is 5.91 Å². The summed E-state index contributed by atoms with van der Waals surface area (Å²) in [6.45, 7) is 5.61. The van der Waals surface area contributed by atoms with Gasteiger partial charge in [-0.05, 0) is 116 Å². The van der Waals surface area contributed by atoms with Gasteiger partial charge in [0.1, 0.15) is 24.4 Å². The van der Waals surface area contributed by atoms with E-state index in [-0.39, 0.29) is 19.4 Å². The average molecular weight is 1130 g/mol. The van der Waals surface area contributed by atoms with Gasteiger partial charge in [0, 0.05) is 6.42 Å². The van der Waals surface area contributed by atoms with Crippen LogP contribution in [0.4, 0.5) is 0 Å². The molecule has 1 heterocycles. The first-order valence-corrected chi connectivity index (χ1v) is 32.3. The van der Waals surface area contributed by atoms with Crippen molar-refractivity contribution in [1.82, 2.24) is 5.32 Å². The molecule has 1 amide bonds. The second kappa shape index (κ2) is 56.5. The highest BCUT2D eigenvalue weighted by Crippen LogP contribution is 2.26. The van der Waals surface area contributed by atoms with E-state index in [1.54, 1.807) is 6.08 Å². The molecule has 8 atom stereocenters. The van der Waals surface area contributed by atoms with Crippen LogP contribution in [0, 0.1) is 0 Å². The maximum absolute atomic E-state index is 13.4. The minimum atomic E-state index is -1.64. The van der Waals surface area contributed by atoms with E-state index in [1.165, 1.54) is 64.2 Å². The lowest BCUT2D eigenvalue weighted by Crippen LogP contribution is -2.61. The number of amides is 1. The molecule has 81 heavy (non-hydrogen) atoms. The zero-order valence-electron chi connectivity index (χ0n) is 51.1. The van der Waals surface area contributed by atoms with Crippen LogP contribution in [0.2, 0.25) is 0 Å². The first-order chi connectivity index (χ1) is 39.7. The number of carbonyl (C=O) groups is 2. The number of esters is 1. The van der Waals surface area contributed by atoms with Gasteiger partial charge in [0.25, 0.3) is 0 Å². The van der Waals surface area contributed by atoms with Crippen LogP contribution in [0.15, 0.2) is 122 Å². The maximum atomic E-state index is 13.4. The number of hydrogen-bond acceptors (Lipinski definition) is 10. The number of aliphatic hydroxyl groups is 5. The Hall–Kier alpha value is -3.94. The number of rotatable bonds is 53. The fourth-order valence-corrected chi connectivity index (χ4v) is 9.25. The minimum Gasteiger partial charge on any atom is -0.454 e. The highest BCUT2D eigenvalue weighted by molar-refractivity contribution is 5.80. The molecule has 1 aliphatic rings. The highest BCUT2D eigenvalue weighted by atomic mass is 16.7. The van der Waals surface area contributed by atoms with Crippen molar-refractivity contribution in [1.29, 1.82) is 0 Å². The van der Waals surface area contributed by atoms with Crippen molar-refractivity contribution in [3.63, 3.8) is 0 Å². The smallest absolute Gasteiger partial charge is 0.306 e. The summed E-state index contributed by atoms with van der Waals surface area (Å²) >= 11 is 0. The molecule has 1 fully saturated rings. The Labute approximate surface area is 493 Å². The summed E-state index contributed by atoms with van der Waals surface area (Å²) in [5.41, 5.74) is 0. The second-order valence-corrected chi connectivity index (χ2v) is 21.8. The molecule has 0 aliphatic carbocycles. The van der Waals surface area contributed by atoms with Crippen molar-refractivity contribution in [3.8, 4) is 0 Å². The SMILES string of the molecule is CC/C=C\C/C=C\C/C=C\C/C=C\C/C=C\CCCCCCCCC(O)C(=O)NC(COC1OC(CO)C(O)C(O)C1OC(=O)CCCCC/C=C\C/C=C\C/C=C\C/C=C\CCCCC)C(O)/C=C/CCCCCCCCCCC. The summed E-state index contributed by atoms with van der Waals surface area (Å²) in [4.78, 5) is 26.6. The van der Waals surface area contributed by atoms with Crippen molar-refractivity contribution >= 4 is 11.9 Å². The molecule has 0 aromatic rings. The van der Waals surface area contributed by atoms with E-state index in [4.69, 9.17) is 14.2 Å².